The SMILES string of the molecule is CC1(C(=O)O)CCCN1C1CCSCC1. The summed E-state index contributed by atoms with van der Waals surface area (Å²) < 4.78 is 0. The molecule has 2 aliphatic heterocycles. The van der Waals surface area contributed by atoms with Crippen LogP contribution in [0.15, 0.2) is 0 Å². The Hall–Kier alpha value is -0.220. The fourth-order valence-electron chi connectivity index (χ4n) is 2.80. The van der Waals surface area contributed by atoms with Crippen LogP contribution >= 0.6 is 11.8 Å². The molecule has 0 aliphatic carbocycles. The van der Waals surface area contributed by atoms with E-state index in [0.29, 0.717) is 6.04 Å². The third kappa shape index (κ3) is 2.02. The highest BCUT2D eigenvalue weighted by molar-refractivity contribution is 7.99. The van der Waals surface area contributed by atoms with Gasteiger partial charge in [0, 0.05) is 6.04 Å². The molecule has 0 aromatic heterocycles. The van der Waals surface area contributed by atoms with Crippen LogP contribution in [-0.2, 0) is 4.79 Å². The fourth-order valence-corrected chi connectivity index (χ4v) is 3.88. The summed E-state index contributed by atoms with van der Waals surface area (Å²) in [6.45, 7) is 2.86. The topological polar surface area (TPSA) is 40.5 Å². The minimum absolute atomic E-state index is 0.509. The van der Waals surface area contributed by atoms with Crippen LogP contribution in [0.1, 0.15) is 32.6 Å². The molecule has 2 rings (SSSR count). The van der Waals surface area contributed by atoms with E-state index < -0.39 is 11.5 Å². The summed E-state index contributed by atoms with van der Waals surface area (Å²) in [5.74, 6) is 1.74. The van der Waals surface area contributed by atoms with E-state index in [1.54, 1.807) is 0 Å². The number of nitrogens with zero attached hydrogens (tertiary/aromatic N) is 1. The summed E-state index contributed by atoms with van der Waals surface area (Å²) in [5.41, 5.74) is -0.591. The van der Waals surface area contributed by atoms with E-state index >= 15 is 0 Å². The third-order valence-corrected chi connectivity index (χ3v) is 4.84. The largest absolute Gasteiger partial charge is 0.480 e. The molecular formula is C11H19NO2S. The van der Waals surface area contributed by atoms with E-state index in [1.807, 2.05) is 18.7 Å². The number of carboxylic acid groups (broad SMARTS) is 1. The number of hydrogen-bond acceptors (Lipinski definition) is 3. The van der Waals surface area contributed by atoms with Gasteiger partial charge in [0.15, 0.2) is 0 Å². The minimum Gasteiger partial charge on any atom is -0.480 e. The molecule has 1 unspecified atom stereocenters. The predicted octanol–water partition coefficient (Wildman–Crippen LogP) is 1.82. The second-order valence-electron chi connectivity index (χ2n) is 4.72. The van der Waals surface area contributed by atoms with Gasteiger partial charge < -0.3 is 5.11 Å². The normalized spacial score (nSPS) is 34.5. The van der Waals surface area contributed by atoms with E-state index in [9.17, 15) is 9.90 Å². The number of likely N-dealkylation sites (tertiary alicyclic amines) is 1. The smallest absolute Gasteiger partial charge is 0.323 e. The van der Waals surface area contributed by atoms with Crippen LogP contribution in [0.4, 0.5) is 0 Å². The number of hydrogen-bond donors (Lipinski definition) is 1. The summed E-state index contributed by atoms with van der Waals surface area (Å²) in [5, 5.41) is 9.33. The van der Waals surface area contributed by atoms with Gasteiger partial charge in [0.1, 0.15) is 5.54 Å². The maximum absolute atomic E-state index is 11.3. The molecule has 0 bridgehead atoms. The van der Waals surface area contributed by atoms with Gasteiger partial charge in [-0.3, -0.25) is 9.69 Å². The lowest BCUT2D eigenvalue weighted by Crippen LogP contribution is -2.53. The zero-order valence-corrected chi connectivity index (χ0v) is 10.1. The van der Waals surface area contributed by atoms with E-state index in [4.69, 9.17) is 0 Å². The predicted molar refractivity (Wildman–Crippen MR) is 62.3 cm³/mol. The molecule has 2 saturated heterocycles. The lowest BCUT2D eigenvalue weighted by atomic mass is 9.96. The summed E-state index contributed by atoms with van der Waals surface area (Å²) in [7, 11) is 0. The maximum atomic E-state index is 11.3. The second kappa shape index (κ2) is 4.34. The average Bonchev–Trinajstić information content (AvgIpc) is 2.63. The zero-order chi connectivity index (χ0) is 10.9. The Morgan fingerprint density at radius 3 is 2.73 bits per heavy atom. The monoisotopic (exact) mass is 229 g/mol. The lowest BCUT2D eigenvalue weighted by Gasteiger charge is -2.39. The molecule has 1 atom stereocenters. The van der Waals surface area contributed by atoms with Gasteiger partial charge in [-0.25, -0.2) is 0 Å². The van der Waals surface area contributed by atoms with Crippen molar-refractivity contribution in [3.05, 3.63) is 0 Å². The highest BCUT2D eigenvalue weighted by atomic mass is 32.2. The van der Waals surface area contributed by atoms with Gasteiger partial charge >= 0.3 is 5.97 Å². The molecule has 0 saturated carbocycles. The van der Waals surface area contributed by atoms with Crippen LogP contribution in [0, 0.1) is 0 Å². The van der Waals surface area contributed by atoms with Gasteiger partial charge in [-0.2, -0.15) is 11.8 Å². The highest BCUT2D eigenvalue weighted by Gasteiger charge is 2.46. The van der Waals surface area contributed by atoms with Gasteiger partial charge in [-0.15, -0.1) is 0 Å². The minimum atomic E-state index is -0.641. The zero-order valence-electron chi connectivity index (χ0n) is 9.24. The van der Waals surface area contributed by atoms with Gasteiger partial charge in [0.05, 0.1) is 0 Å². The summed E-state index contributed by atoms with van der Waals surface area (Å²) >= 11 is 1.99. The maximum Gasteiger partial charge on any atom is 0.323 e. The van der Waals surface area contributed by atoms with Crippen molar-refractivity contribution in [2.24, 2.45) is 0 Å². The molecule has 2 aliphatic rings. The molecule has 0 radical (unpaired) electrons. The van der Waals surface area contributed by atoms with Crippen LogP contribution in [0.5, 0.6) is 0 Å². The summed E-state index contributed by atoms with van der Waals surface area (Å²) in [6, 6.07) is 0.509. The molecule has 2 heterocycles. The van der Waals surface area contributed by atoms with E-state index in [-0.39, 0.29) is 0 Å². The van der Waals surface area contributed by atoms with Crippen molar-refractivity contribution >= 4 is 17.7 Å². The van der Waals surface area contributed by atoms with Crippen molar-refractivity contribution in [3.63, 3.8) is 0 Å². The molecule has 0 aromatic carbocycles. The van der Waals surface area contributed by atoms with Crippen molar-refractivity contribution in [2.75, 3.05) is 18.1 Å². The van der Waals surface area contributed by atoms with E-state index in [0.717, 1.165) is 32.2 Å². The molecule has 15 heavy (non-hydrogen) atoms. The van der Waals surface area contributed by atoms with Gasteiger partial charge in [-0.1, -0.05) is 0 Å². The first-order valence-corrected chi connectivity index (χ1v) is 6.88. The second-order valence-corrected chi connectivity index (χ2v) is 5.94. The molecule has 0 amide bonds. The van der Waals surface area contributed by atoms with Crippen molar-refractivity contribution in [1.29, 1.82) is 0 Å². The Bertz CT molecular complexity index is 253. The first kappa shape index (κ1) is 11.3. The van der Waals surface area contributed by atoms with E-state index in [2.05, 4.69) is 4.90 Å². The Balaban J connectivity index is 2.09. The van der Waals surface area contributed by atoms with Gasteiger partial charge in [0.25, 0.3) is 0 Å². The standard InChI is InChI=1S/C11H19NO2S/c1-11(10(13)14)5-2-6-12(11)9-3-7-15-8-4-9/h9H,2-8H2,1H3,(H,13,14). The van der Waals surface area contributed by atoms with Crippen molar-refractivity contribution in [3.8, 4) is 0 Å². The molecule has 3 nitrogen and oxygen atoms in total. The van der Waals surface area contributed by atoms with Crippen LogP contribution in [0.2, 0.25) is 0 Å². The number of aliphatic carboxylic acids is 1. The van der Waals surface area contributed by atoms with E-state index in [1.165, 1.54) is 11.5 Å². The van der Waals surface area contributed by atoms with Gasteiger partial charge in [0.2, 0.25) is 0 Å². The first-order chi connectivity index (χ1) is 7.14. The number of rotatable bonds is 2. The summed E-state index contributed by atoms with van der Waals surface area (Å²) in [6.07, 6.45) is 4.17. The lowest BCUT2D eigenvalue weighted by molar-refractivity contribution is -0.150. The molecule has 0 spiro atoms. The molecule has 1 N–H and O–H groups in total. The molecular weight excluding hydrogens is 210 g/mol. The number of carbonyl (C=O) groups is 1. The molecule has 2 fully saturated rings. The number of thioether (sulfide) groups is 1. The fraction of sp³-hybridized carbons (Fsp3) is 0.909. The molecule has 4 heteroatoms. The van der Waals surface area contributed by atoms with Gasteiger partial charge in [-0.05, 0) is 50.7 Å². The Morgan fingerprint density at radius 2 is 2.13 bits per heavy atom. The van der Waals surface area contributed by atoms with Crippen LogP contribution in [0.3, 0.4) is 0 Å². The Kier molecular flexibility index (Phi) is 3.26. The first-order valence-electron chi connectivity index (χ1n) is 5.72. The van der Waals surface area contributed by atoms with Crippen LogP contribution < -0.4 is 0 Å². The summed E-state index contributed by atoms with van der Waals surface area (Å²) in [4.78, 5) is 13.6. The van der Waals surface area contributed by atoms with Crippen LogP contribution in [-0.4, -0.2) is 45.6 Å². The quantitative estimate of drug-likeness (QED) is 0.784. The average molecular weight is 229 g/mol. The third-order valence-electron chi connectivity index (χ3n) is 3.79. The molecule has 0 aromatic rings. The van der Waals surface area contributed by atoms with Crippen LogP contribution in [0.25, 0.3) is 0 Å². The van der Waals surface area contributed by atoms with Crippen molar-refractivity contribution < 1.29 is 9.90 Å². The molecule has 86 valence electrons. The van der Waals surface area contributed by atoms with Crippen molar-refractivity contribution in [1.82, 2.24) is 4.90 Å². The van der Waals surface area contributed by atoms with Crippen molar-refractivity contribution in [2.45, 2.75) is 44.2 Å². The Morgan fingerprint density at radius 1 is 1.47 bits per heavy atom. The Labute approximate surface area is 95.2 Å². The number of carboxylic acids is 1. The highest BCUT2D eigenvalue weighted by Crippen LogP contribution is 2.35.